The van der Waals surface area contributed by atoms with Gasteiger partial charge < -0.3 is 5.11 Å². The lowest BCUT2D eigenvalue weighted by molar-refractivity contribution is 0.203. The van der Waals surface area contributed by atoms with Crippen LogP contribution in [0.3, 0.4) is 0 Å². The summed E-state index contributed by atoms with van der Waals surface area (Å²) < 4.78 is 15.4. The Labute approximate surface area is 103 Å². The zero-order valence-corrected chi connectivity index (χ0v) is 10.0. The van der Waals surface area contributed by atoms with E-state index in [1.807, 2.05) is 6.92 Å². The van der Waals surface area contributed by atoms with E-state index in [-0.39, 0.29) is 10.6 Å². The van der Waals surface area contributed by atoms with E-state index in [0.717, 1.165) is 0 Å². The van der Waals surface area contributed by atoms with E-state index in [2.05, 4.69) is 5.10 Å². The normalized spacial score (nSPS) is 12.7. The fraction of sp³-hybridized carbons (Fsp3) is 0.250. The molecule has 5 heteroatoms. The molecule has 1 atom stereocenters. The molecule has 0 aliphatic carbocycles. The molecule has 0 amide bonds. The summed E-state index contributed by atoms with van der Waals surface area (Å²) in [5, 5.41) is 14.2. The highest BCUT2D eigenvalue weighted by molar-refractivity contribution is 6.30. The van der Waals surface area contributed by atoms with Crippen molar-refractivity contribution < 1.29 is 9.50 Å². The molecule has 0 saturated carbocycles. The second-order valence-electron chi connectivity index (χ2n) is 3.62. The molecule has 1 unspecified atom stereocenters. The smallest absolute Gasteiger partial charge is 0.147 e. The van der Waals surface area contributed by atoms with Crippen LogP contribution in [0.4, 0.5) is 4.39 Å². The standard InChI is InChI=1S/C12H12ClFN2O/c1-2-16-10(6-7-15-16)12(17)8-4-3-5-9(13)11(8)14/h3-7,12,17H,2H2,1H3. The van der Waals surface area contributed by atoms with Crippen LogP contribution in [0, 0.1) is 5.82 Å². The summed E-state index contributed by atoms with van der Waals surface area (Å²) in [7, 11) is 0. The number of aliphatic hydroxyl groups excluding tert-OH is 1. The van der Waals surface area contributed by atoms with Crippen LogP contribution in [-0.4, -0.2) is 14.9 Å². The van der Waals surface area contributed by atoms with E-state index in [4.69, 9.17) is 11.6 Å². The van der Waals surface area contributed by atoms with Crippen molar-refractivity contribution >= 4 is 11.6 Å². The monoisotopic (exact) mass is 254 g/mol. The molecule has 0 saturated heterocycles. The maximum atomic E-state index is 13.8. The van der Waals surface area contributed by atoms with Crippen LogP contribution in [0.1, 0.15) is 24.3 Å². The molecule has 17 heavy (non-hydrogen) atoms. The third-order valence-electron chi connectivity index (χ3n) is 2.61. The van der Waals surface area contributed by atoms with Gasteiger partial charge in [0.2, 0.25) is 0 Å². The van der Waals surface area contributed by atoms with Crippen LogP contribution in [0.15, 0.2) is 30.5 Å². The fourth-order valence-electron chi connectivity index (χ4n) is 1.73. The van der Waals surface area contributed by atoms with Crippen molar-refractivity contribution in [2.75, 3.05) is 0 Å². The Kier molecular flexibility index (Phi) is 3.45. The minimum Gasteiger partial charge on any atom is -0.382 e. The zero-order chi connectivity index (χ0) is 12.4. The molecule has 0 aliphatic rings. The van der Waals surface area contributed by atoms with Crippen LogP contribution in [0.5, 0.6) is 0 Å². The van der Waals surface area contributed by atoms with Gasteiger partial charge in [-0.05, 0) is 19.1 Å². The Balaban J connectivity index is 2.44. The molecule has 1 aromatic heterocycles. The van der Waals surface area contributed by atoms with E-state index in [1.54, 1.807) is 23.0 Å². The van der Waals surface area contributed by atoms with Crippen molar-refractivity contribution in [1.29, 1.82) is 0 Å². The van der Waals surface area contributed by atoms with Crippen molar-refractivity contribution in [3.8, 4) is 0 Å². The van der Waals surface area contributed by atoms with E-state index >= 15 is 0 Å². The average Bonchev–Trinajstić information content (AvgIpc) is 2.80. The number of aliphatic hydroxyl groups is 1. The van der Waals surface area contributed by atoms with Crippen LogP contribution in [-0.2, 0) is 6.54 Å². The number of aromatic nitrogens is 2. The summed E-state index contributed by atoms with van der Waals surface area (Å²) in [4.78, 5) is 0. The number of halogens is 2. The Morgan fingerprint density at radius 1 is 1.47 bits per heavy atom. The van der Waals surface area contributed by atoms with Gasteiger partial charge in [0, 0.05) is 18.3 Å². The average molecular weight is 255 g/mol. The van der Waals surface area contributed by atoms with Gasteiger partial charge in [-0.25, -0.2) is 4.39 Å². The summed E-state index contributed by atoms with van der Waals surface area (Å²) >= 11 is 5.68. The first-order valence-electron chi connectivity index (χ1n) is 5.28. The van der Waals surface area contributed by atoms with Gasteiger partial charge in [0.15, 0.2) is 0 Å². The van der Waals surface area contributed by atoms with Gasteiger partial charge in [-0.15, -0.1) is 0 Å². The third-order valence-corrected chi connectivity index (χ3v) is 2.90. The van der Waals surface area contributed by atoms with E-state index in [9.17, 15) is 9.50 Å². The highest BCUT2D eigenvalue weighted by atomic mass is 35.5. The highest BCUT2D eigenvalue weighted by Crippen LogP contribution is 2.27. The minimum atomic E-state index is -1.06. The molecule has 1 N–H and O–H groups in total. The van der Waals surface area contributed by atoms with Gasteiger partial charge >= 0.3 is 0 Å². The second kappa shape index (κ2) is 4.85. The van der Waals surface area contributed by atoms with Crippen molar-refractivity contribution in [3.63, 3.8) is 0 Å². The van der Waals surface area contributed by atoms with E-state index < -0.39 is 11.9 Å². The van der Waals surface area contributed by atoms with Crippen molar-refractivity contribution in [2.45, 2.75) is 19.6 Å². The Morgan fingerprint density at radius 2 is 2.24 bits per heavy atom. The van der Waals surface area contributed by atoms with Gasteiger partial charge in [-0.1, -0.05) is 23.7 Å². The van der Waals surface area contributed by atoms with Gasteiger partial charge in [0.05, 0.1) is 10.7 Å². The van der Waals surface area contributed by atoms with Crippen LogP contribution in [0.2, 0.25) is 5.02 Å². The largest absolute Gasteiger partial charge is 0.382 e. The number of nitrogens with zero attached hydrogens (tertiary/aromatic N) is 2. The summed E-state index contributed by atoms with van der Waals surface area (Å²) in [5.74, 6) is -0.592. The maximum absolute atomic E-state index is 13.8. The molecule has 90 valence electrons. The van der Waals surface area contributed by atoms with Crippen molar-refractivity contribution in [1.82, 2.24) is 9.78 Å². The first-order valence-corrected chi connectivity index (χ1v) is 5.66. The number of hydrogen-bond donors (Lipinski definition) is 1. The summed E-state index contributed by atoms with van der Waals surface area (Å²) in [6, 6.07) is 6.23. The number of aryl methyl sites for hydroxylation is 1. The van der Waals surface area contributed by atoms with Crippen LogP contribution < -0.4 is 0 Å². The predicted molar refractivity (Wildman–Crippen MR) is 63.4 cm³/mol. The molecule has 2 aromatic rings. The fourth-order valence-corrected chi connectivity index (χ4v) is 1.91. The summed E-state index contributed by atoms with van der Waals surface area (Å²) in [6.07, 6.45) is 0.515. The van der Waals surface area contributed by atoms with Crippen molar-refractivity contribution in [3.05, 3.63) is 52.6 Å². The highest BCUT2D eigenvalue weighted by Gasteiger charge is 2.19. The molecule has 2 rings (SSSR count). The minimum absolute atomic E-state index is 0.00381. The first-order chi connectivity index (χ1) is 8.15. The Bertz CT molecular complexity index is 527. The van der Waals surface area contributed by atoms with Crippen LogP contribution in [0.25, 0.3) is 0 Å². The molecule has 0 bridgehead atoms. The SMILES string of the molecule is CCn1nccc1C(O)c1cccc(Cl)c1F. The summed E-state index contributed by atoms with van der Waals surface area (Å²) in [5.41, 5.74) is 0.710. The molecule has 3 nitrogen and oxygen atoms in total. The third kappa shape index (κ3) is 2.18. The molecular weight excluding hydrogens is 243 g/mol. The molecule has 0 fully saturated rings. The van der Waals surface area contributed by atoms with Crippen molar-refractivity contribution in [2.24, 2.45) is 0 Å². The van der Waals surface area contributed by atoms with Gasteiger partial charge in [-0.2, -0.15) is 5.10 Å². The first kappa shape index (κ1) is 12.1. The van der Waals surface area contributed by atoms with Gasteiger partial charge in [-0.3, -0.25) is 4.68 Å². The zero-order valence-electron chi connectivity index (χ0n) is 9.27. The van der Waals surface area contributed by atoms with Crippen LogP contribution >= 0.6 is 11.6 Å². The molecule has 0 spiro atoms. The Morgan fingerprint density at radius 3 is 2.94 bits per heavy atom. The lowest BCUT2D eigenvalue weighted by atomic mass is 10.1. The van der Waals surface area contributed by atoms with E-state index in [1.165, 1.54) is 12.1 Å². The predicted octanol–water partition coefficient (Wildman–Crippen LogP) is 2.78. The molecule has 0 radical (unpaired) electrons. The van der Waals surface area contributed by atoms with Gasteiger partial charge in [0.25, 0.3) is 0 Å². The Hall–Kier alpha value is -1.39. The number of benzene rings is 1. The second-order valence-corrected chi connectivity index (χ2v) is 4.02. The molecule has 1 aromatic carbocycles. The van der Waals surface area contributed by atoms with Gasteiger partial charge in [0.1, 0.15) is 11.9 Å². The maximum Gasteiger partial charge on any atom is 0.147 e. The number of rotatable bonds is 3. The summed E-state index contributed by atoms with van der Waals surface area (Å²) in [6.45, 7) is 2.51. The molecular formula is C12H12ClFN2O. The lowest BCUT2D eigenvalue weighted by Crippen LogP contribution is -2.10. The topological polar surface area (TPSA) is 38.0 Å². The van der Waals surface area contributed by atoms with E-state index in [0.29, 0.717) is 12.2 Å². The number of hydrogen-bond acceptors (Lipinski definition) is 2. The molecule has 1 heterocycles. The molecule has 0 aliphatic heterocycles. The lowest BCUT2D eigenvalue weighted by Gasteiger charge is -2.14. The quantitative estimate of drug-likeness (QED) is 0.915.